The predicted octanol–water partition coefficient (Wildman–Crippen LogP) is 3.80. The SMILES string of the molecule is COc1ccccc1CSc1ccc(C=O)cc1. The van der Waals surface area contributed by atoms with E-state index in [0.717, 1.165) is 22.7 Å². The highest BCUT2D eigenvalue weighted by Crippen LogP contribution is 2.27. The largest absolute Gasteiger partial charge is 0.496 e. The first-order chi connectivity index (χ1) is 8.83. The fourth-order valence-electron chi connectivity index (χ4n) is 1.63. The predicted molar refractivity (Wildman–Crippen MR) is 74.4 cm³/mol. The Morgan fingerprint density at radius 3 is 2.50 bits per heavy atom. The topological polar surface area (TPSA) is 26.3 Å². The van der Waals surface area contributed by atoms with Crippen LogP contribution in [0.3, 0.4) is 0 Å². The Labute approximate surface area is 111 Å². The number of benzene rings is 2. The first kappa shape index (κ1) is 12.7. The van der Waals surface area contributed by atoms with Crippen LogP contribution in [0.2, 0.25) is 0 Å². The molecule has 0 amide bonds. The molecule has 0 aliphatic rings. The number of hydrogen-bond acceptors (Lipinski definition) is 3. The van der Waals surface area contributed by atoms with Gasteiger partial charge in [0, 0.05) is 21.8 Å². The molecule has 0 bridgehead atoms. The summed E-state index contributed by atoms with van der Waals surface area (Å²) < 4.78 is 5.31. The Morgan fingerprint density at radius 1 is 1.11 bits per heavy atom. The van der Waals surface area contributed by atoms with Crippen molar-refractivity contribution in [3.05, 3.63) is 59.7 Å². The molecule has 2 rings (SSSR count). The molecule has 0 spiro atoms. The molecule has 2 aromatic rings. The van der Waals surface area contributed by atoms with Crippen LogP contribution in [0.4, 0.5) is 0 Å². The molecule has 0 saturated heterocycles. The van der Waals surface area contributed by atoms with Crippen LogP contribution in [0.5, 0.6) is 5.75 Å². The van der Waals surface area contributed by atoms with E-state index in [1.165, 1.54) is 5.56 Å². The van der Waals surface area contributed by atoms with E-state index in [0.29, 0.717) is 5.56 Å². The molecule has 0 atom stereocenters. The molecule has 0 heterocycles. The fourth-order valence-corrected chi connectivity index (χ4v) is 2.52. The van der Waals surface area contributed by atoms with Gasteiger partial charge >= 0.3 is 0 Å². The second-order valence-electron chi connectivity index (χ2n) is 3.79. The van der Waals surface area contributed by atoms with Crippen molar-refractivity contribution in [1.29, 1.82) is 0 Å². The van der Waals surface area contributed by atoms with Gasteiger partial charge in [0.25, 0.3) is 0 Å². The zero-order chi connectivity index (χ0) is 12.8. The average molecular weight is 258 g/mol. The van der Waals surface area contributed by atoms with E-state index in [2.05, 4.69) is 6.07 Å². The minimum absolute atomic E-state index is 0.705. The van der Waals surface area contributed by atoms with Gasteiger partial charge in [0.1, 0.15) is 12.0 Å². The number of hydrogen-bond donors (Lipinski definition) is 0. The lowest BCUT2D eigenvalue weighted by atomic mass is 10.2. The maximum Gasteiger partial charge on any atom is 0.150 e. The number of aldehydes is 1. The maximum atomic E-state index is 10.6. The normalized spacial score (nSPS) is 10.1. The molecular weight excluding hydrogens is 244 g/mol. The zero-order valence-corrected chi connectivity index (χ0v) is 10.9. The summed E-state index contributed by atoms with van der Waals surface area (Å²) in [7, 11) is 1.68. The van der Waals surface area contributed by atoms with Gasteiger partial charge in [0.05, 0.1) is 7.11 Å². The summed E-state index contributed by atoms with van der Waals surface area (Å²) in [6.45, 7) is 0. The molecule has 2 nitrogen and oxygen atoms in total. The van der Waals surface area contributed by atoms with Crippen LogP contribution in [0.25, 0.3) is 0 Å². The highest BCUT2D eigenvalue weighted by Gasteiger charge is 2.02. The summed E-state index contributed by atoms with van der Waals surface area (Å²) in [5.74, 6) is 1.76. The van der Waals surface area contributed by atoms with Crippen molar-refractivity contribution < 1.29 is 9.53 Å². The van der Waals surface area contributed by atoms with Gasteiger partial charge in [-0.2, -0.15) is 0 Å². The van der Waals surface area contributed by atoms with Crippen molar-refractivity contribution in [2.75, 3.05) is 7.11 Å². The van der Waals surface area contributed by atoms with Gasteiger partial charge in [-0.1, -0.05) is 30.3 Å². The zero-order valence-electron chi connectivity index (χ0n) is 10.1. The monoisotopic (exact) mass is 258 g/mol. The summed E-state index contributed by atoms with van der Waals surface area (Å²) in [6, 6.07) is 15.6. The molecule has 0 aromatic heterocycles. The summed E-state index contributed by atoms with van der Waals surface area (Å²) in [5.41, 5.74) is 1.88. The number of methoxy groups -OCH3 is 1. The maximum absolute atomic E-state index is 10.6. The summed E-state index contributed by atoms with van der Waals surface area (Å²) in [4.78, 5) is 11.7. The number of para-hydroxylation sites is 1. The average Bonchev–Trinajstić information content (AvgIpc) is 2.46. The highest BCUT2D eigenvalue weighted by atomic mass is 32.2. The van der Waals surface area contributed by atoms with Crippen LogP contribution in [-0.2, 0) is 5.75 Å². The van der Waals surface area contributed by atoms with Gasteiger partial charge in [-0.3, -0.25) is 4.79 Å². The molecule has 0 saturated carbocycles. The fraction of sp³-hybridized carbons (Fsp3) is 0.133. The standard InChI is InChI=1S/C15H14O2S/c1-17-15-5-3-2-4-13(15)11-18-14-8-6-12(10-16)7-9-14/h2-10H,11H2,1H3. The van der Waals surface area contributed by atoms with E-state index in [1.807, 2.05) is 42.5 Å². The Bertz CT molecular complexity index is 520. The second kappa shape index (κ2) is 6.26. The molecular formula is C15H14O2S. The van der Waals surface area contributed by atoms with E-state index in [4.69, 9.17) is 4.74 Å². The minimum atomic E-state index is 0.705. The lowest BCUT2D eigenvalue weighted by Gasteiger charge is -2.07. The minimum Gasteiger partial charge on any atom is -0.496 e. The lowest BCUT2D eigenvalue weighted by molar-refractivity contribution is 0.112. The van der Waals surface area contributed by atoms with Crippen molar-refractivity contribution in [2.45, 2.75) is 10.6 Å². The van der Waals surface area contributed by atoms with Crippen molar-refractivity contribution in [1.82, 2.24) is 0 Å². The number of carbonyl (C=O) groups is 1. The van der Waals surface area contributed by atoms with E-state index >= 15 is 0 Å². The Hall–Kier alpha value is -1.74. The number of rotatable bonds is 5. The Balaban J connectivity index is 2.04. The summed E-state index contributed by atoms with van der Waals surface area (Å²) >= 11 is 1.73. The van der Waals surface area contributed by atoms with E-state index in [1.54, 1.807) is 18.9 Å². The first-order valence-corrected chi connectivity index (χ1v) is 6.62. The van der Waals surface area contributed by atoms with Crippen LogP contribution >= 0.6 is 11.8 Å². The van der Waals surface area contributed by atoms with Gasteiger partial charge in [-0.25, -0.2) is 0 Å². The molecule has 0 radical (unpaired) electrons. The van der Waals surface area contributed by atoms with Gasteiger partial charge < -0.3 is 4.74 Å². The number of thioether (sulfide) groups is 1. The summed E-state index contributed by atoms with van der Waals surface area (Å²) in [6.07, 6.45) is 0.856. The molecule has 3 heteroatoms. The molecule has 18 heavy (non-hydrogen) atoms. The molecule has 0 aliphatic carbocycles. The Morgan fingerprint density at radius 2 is 1.83 bits per heavy atom. The van der Waals surface area contributed by atoms with Gasteiger partial charge in [0.2, 0.25) is 0 Å². The van der Waals surface area contributed by atoms with Crippen molar-refractivity contribution in [2.24, 2.45) is 0 Å². The molecule has 2 aromatic carbocycles. The van der Waals surface area contributed by atoms with E-state index < -0.39 is 0 Å². The van der Waals surface area contributed by atoms with Gasteiger partial charge in [0.15, 0.2) is 0 Å². The molecule has 0 fully saturated rings. The van der Waals surface area contributed by atoms with Gasteiger partial charge in [-0.15, -0.1) is 11.8 Å². The molecule has 92 valence electrons. The van der Waals surface area contributed by atoms with E-state index in [-0.39, 0.29) is 0 Å². The highest BCUT2D eigenvalue weighted by molar-refractivity contribution is 7.98. The third-order valence-electron chi connectivity index (χ3n) is 2.60. The van der Waals surface area contributed by atoms with Crippen LogP contribution in [0.1, 0.15) is 15.9 Å². The van der Waals surface area contributed by atoms with Crippen LogP contribution in [0, 0.1) is 0 Å². The number of ether oxygens (including phenoxy) is 1. The molecule has 0 aliphatic heterocycles. The van der Waals surface area contributed by atoms with Gasteiger partial charge in [-0.05, 0) is 18.2 Å². The van der Waals surface area contributed by atoms with Crippen molar-refractivity contribution in [3.8, 4) is 5.75 Å². The van der Waals surface area contributed by atoms with Crippen LogP contribution in [-0.4, -0.2) is 13.4 Å². The quantitative estimate of drug-likeness (QED) is 0.602. The number of carbonyl (C=O) groups excluding carboxylic acids is 1. The smallest absolute Gasteiger partial charge is 0.150 e. The van der Waals surface area contributed by atoms with Crippen molar-refractivity contribution >= 4 is 18.0 Å². The first-order valence-electron chi connectivity index (χ1n) is 5.63. The van der Waals surface area contributed by atoms with Crippen LogP contribution < -0.4 is 4.74 Å². The van der Waals surface area contributed by atoms with Crippen LogP contribution in [0.15, 0.2) is 53.4 Å². The van der Waals surface area contributed by atoms with E-state index in [9.17, 15) is 4.79 Å². The third-order valence-corrected chi connectivity index (χ3v) is 3.66. The summed E-state index contributed by atoms with van der Waals surface area (Å²) in [5, 5.41) is 0. The second-order valence-corrected chi connectivity index (χ2v) is 4.84. The third kappa shape index (κ3) is 3.14. The lowest BCUT2D eigenvalue weighted by Crippen LogP contribution is -1.89. The van der Waals surface area contributed by atoms with Crippen molar-refractivity contribution in [3.63, 3.8) is 0 Å². The Kier molecular flexibility index (Phi) is 4.42. The molecule has 0 N–H and O–H groups in total. The molecule has 0 unspecified atom stereocenters.